The van der Waals surface area contributed by atoms with Crippen LogP contribution in [0.3, 0.4) is 0 Å². The number of amides is 1. The normalized spacial score (nSPS) is 19.5. The smallest absolute Gasteiger partial charge is 0.244 e. The molecule has 128 valence electrons. The summed E-state index contributed by atoms with van der Waals surface area (Å²) in [5, 5.41) is 2.75. The van der Waals surface area contributed by atoms with Gasteiger partial charge in [-0.15, -0.1) is 11.8 Å². The van der Waals surface area contributed by atoms with Gasteiger partial charge in [-0.25, -0.2) is 8.42 Å². The molecule has 0 radical (unpaired) electrons. The van der Waals surface area contributed by atoms with E-state index >= 15 is 0 Å². The van der Waals surface area contributed by atoms with Crippen molar-refractivity contribution in [3.63, 3.8) is 0 Å². The zero-order valence-electron chi connectivity index (χ0n) is 13.2. The van der Waals surface area contributed by atoms with E-state index in [9.17, 15) is 13.2 Å². The van der Waals surface area contributed by atoms with Crippen molar-refractivity contribution < 1.29 is 13.2 Å². The van der Waals surface area contributed by atoms with Crippen molar-refractivity contribution in [1.29, 1.82) is 0 Å². The molecule has 1 aromatic carbocycles. The third-order valence-electron chi connectivity index (χ3n) is 3.89. The Morgan fingerprint density at radius 2 is 2.17 bits per heavy atom. The van der Waals surface area contributed by atoms with Crippen LogP contribution in [0.15, 0.2) is 34.1 Å². The first-order valence-corrected chi connectivity index (χ1v) is 10.3. The number of piperidine rings is 1. The van der Waals surface area contributed by atoms with Gasteiger partial charge in [0.05, 0.1) is 10.8 Å². The van der Waals surface area contributed by atoms with Gasteiger partial charge in [-0.2, -0.15) is 4.31 Å². The van der Waals surface area contributed by atoms with Crippen molar-refractivity contribution in [3.8, 4) is 0 Å². The molecule has 1 atom stereocenters. The maximum Gasteiger partial charge on any atom is 0.244 e. The van der Waals surface area contributed by atoms with Crippen LogP contribution in [0.1, 0.15) is 12.8 Å². The summed E-state index contributed by atoms with van der Waals surface area (Å²) in [4.78, 5) is 13.1. The SMILES string of the molecule is CSc1ccccc1S(=O)(=O)N1CCCC(C(=O)NCCN)C1. The Kier molecular flexibility index (Phi) is 6.46. The summed E-state index contributed by atoms with van der Waals surface area (Å²) in [5.74, 6) is -0.431. The molecule has 2 rings (SSSR count). The second-order valence-corrected chi connectivity index (χ2v) is 8.19. The van der Waals surface area contributed by atoms with Gasteiger partial charge >= 0.3 is 0 Å². The van der Waals surface area contributed by atoms with E-state index in [2.05, 4.69) is 5.32 Å². The number of hydrogen-bond donors (Lipinski definition) is 2. The molecular weight excluding hydrogens is 334 g/mol. The van der Waals surface area contributed by atoms with Gasteiger partial charge in [0.1, 0.15) is 0 Å². The van der Waals surface area contributed by atoms with Crippen LogP contribution in [-0.2, 0) is 14.8 Å². The zero-order chi connectivity index (χ0) is 16.9. The van der Waals surface area contributed by atoms with Crippen molar-refractivity contribution in [1.82, 2.24) is 9.62 Å². The van der Waals surface area contributed by atoms with Gasteiger partial charge in [0.15, 0.2) is 0 Å². The van der Waals surface area contributed by atoms with E-state index < -0.39 is 10.0 Å². The first-order chi connectivity index (χ1) is 11.0. The van der Waals surface area contributed by atoms with Crippen LogP contribution in [0.4, 0.5) is 0 Å². The maximum absolute atomic E-state index is 12.9. The summed E-state index contributed by atoms with van der Waals surface area (Å²) in [6.45, 7) is 1.46. The monoisotopic (exact) mass is 357 g/mol. The van der Waals surface area contributed by atoms with Crippen molar-refractivity contribution in [2.24, 2.45) is 11.7 Å². The molecule has 1 amide bonds. The Bertz CT molecular complexity index is 649. The fourth-order valence-electron chi connectivity index (χ4n) is 2.69. The molecular formula is C15H23N3O3S2. The highest BCUT2D eigenvalue weighted by Crippen LogP contribution is 2.29. The van der Waals surface area contributed by atoms with Crippen LogP contribution in [0.2, 0.25) is 0 Å². The lowest BCUT2D eigenvalue weighted by molar-refractivity contribution is -0.126. The van der Waals surface area contributed by atoms with E-state index in [1.165, 1.54) is 16.1 Å². The summed E-state index contributed by atoms with van der Waals surface area (Å²) in [6.07, 6.45) is 3.24. The third kappa shape index (κ3) is 4.26. The predicted octanol–water partition coefficient (Wildman–Crippen LogP) is 0.884. The lowest BCUT2D eigenvalue weighted by Crippen LogP contribution is -2.46. The van der Waals surface area contributed by atoms with E-state index in [1.807, 2.05) is 12.3 Å². The van der Waals surface area contributed by atoms with Gasteiger partial charge in [0, 0.05) is 31.1 Å². The van der Waals surface area contributed by atoms with Crippen molar-refractivity contribution in [3.05, 3.63) is 24.3 Å². The second-order valence-electron chi connectivity index (χ2n) is 5.43. The second kappa shape index (κ2) is 8.14. The molecule has 23 heavy (non-hydrogen) atoms. The Hall–Kier alpha value is -1.09. The molecule has 3 N–H and O–H groups in total. The molecule has 1 aliphatic heterocycles. The van der Waals surface area contributed by atoms with E-state index in [1.54, 1.807) is 18.2 Å². The quantitative estimate of drug-likeness (QED) is 0.738. The van der Waals surface area contributed by atoms with Crippen LogP contribution < -0.4 is 11.1 Å². The Balaban J connectivity index is 2.18. The first kappa shape index (κ1) is 18.3. The number of carbonyl (C=O) groups excluding carboxylic acids is 1. The predicted molar refractivity (Wildman–Crippen MR) is 91.8 cm³/mol. The number of nitrogens with zero attached hydrogens (tertiary/aromatic N) is 1. The molecule has 1 saturated heterocycles. The summed E-state index contributed by atoms with van der Waals surface area (Å²) < 4.78 is 27.2. The van der Waals surface area contributed by atoms with Gasteiger partial charge in [-0.3, -0.25) is 4.79 Å². The van der Waals surface area contributed by atoms with Crippen molar-refractivity contribution >= 4 is 27.7 Å². The summed E-state index contributed by atoms with van der Waals surface area (Å²) in [7, 11) is -3.58. The van der Waals surface area contributed by atoms with Crippen LogP contribution in [0, 0.1) is 5.92 Å². The first-order valence-electron chi connectivity index (χ1n) is 7.61. The molecule has 0 saturated carbocycles. The van der Waals surface area contributed by atoms with Crippen LogP contribution >= 0.6 is 11.8 Å². The zero-order valence-corrected chi connectivity index (χ0v) is 14.8. The van der Waals surface area contributed by atoms with Gasteiger partial charge in [0.2, 0.25) is 15.9 Å². The Morgan fingerprint density at radius 1 is 1.43 bits per heavy atom. The number of benzene rings is 1. The number of carbonyl (C=O) groups is 1. The largest absolute Gasteiger partial charge is 0.355 e. The van der Waals surface area contributed by atoms with E-state index in [0.29, 0.717) is 37.4 Å². The van der Waals surface area contributed by atoms with Crippen LogP contribution in [0.5, 0.6) is 0 Å². The van der Waals surface area contributed by atoms with Gasteiger partial charge in [-0.1, -0.05) is 12.1 Å². The minimum atomic E-state index is -3.58. The highest BCUT2D eigenvalue weighted by molar-refractivity contribution is 7.99. The third-order valence-corrected chi connectivity index (χ3v) is 6.73. The van der Waals surface area contributed by atoms with Gasteiger partial charge in [0.25, 0.3) is 0 Å². The minimum absolute atomic E-state index is 0.117. The van der Waals surface area contributed by atoms with Gasteiger partial charge in [-0.05, 0) is 31.2 Å². The molecule has 1 fully saturated rings. The number of nitrogens with one attached hydrogen (secondary N) is 1. The molecule has 6 nitrogen and oxygen atoms in total. The number of hydrogen-bond acceptors (Lipinski definition) is 5. The summed E-state index contributed by atoms with van der Waals surface area (Å²) in [5.41, 5.74) is 5.39. The maximum atomic E-state index is 12.9. The van der Waals surface area contributed by atoms with Gasteiger partial charge < -0.3 is 11.1 Å². The number of thioether (sulfide) groups is 1. The lowest BCUT2D eigenvalue weighted by atomic mass is 9.99. The topological polar surface area (TPSA) is 92.5 Å². The minimum Gasteiger partial charge on any atom is -0.355 e. The van der Waals surface area contributed by atoms with Crippen molar-refractivity contribution in [2.75, 3.05) is 32.4 Å². The van der Waals surface area contributed by atoms with E-state index in [0.717, 1.165) is 4.90 Å². The van der Waals surface area contributed by atoms with Crippen molar-refractivity contribution in [2.45, 2.75) is 22.6 Å². The summed E-state index contributed by atoms with van der Waals surface area (Å²) >= 11 is 1.41. The summed E-state index contributed by atoms with van der Waals surface area (Å²) in [6, 6.07) is 6.97. The van der Waals surface area contributed by atoms with Crippen LogP contribution in [0.25, 0.3) is 0 Å². The van der Waals surface area contributed by atoms with Crippen LogP contribution in [-0.4, -0.2) is 51.1 Å². The molecule has 1 heterocycles. The molecule has 8 heteroatoms. The fraction of sp³-hybridized carbons (Fsp3) is 0.533. The van der Waals surface area contributed by atoms with E-state index in [4.69, 9.17) is 5.73 Å². The highest BCUT2D eigenvalue weighted by Gasteiger charge is 2.34. The standard InChI is InChI=1S/C15H23N3O3S2/c1-22-13-6-2-3-7-14(13)23(20,21)18-10-4-5-12(11-18)15(19)17-9-8-16/h2-3,6-7,12H,4-5,8-11,16H2,1H3,(H,17,19). The molecule has 1 unspecified atom stereocenters. The molecule has 1 aliphatic rings. The average Bonchev–Trinajstić information content (AvgIpc) is 2.59. The molecule has 0 aromatic heterocycles. The average molecular weight is 358 g/mol. The molecule has 0 bridgehead atoms. The number of rotatable bonds is 6. The molecule has 1 aromatic rings. The Morgan fingerprint density at radius 3 is 2.87 bits per heavy atom. The number of nitrogens with two attached hydrogens (primary N) is 1. The Labute approximate surface area is 141 Å². The lowest BCUT2D eigenvalue weighted by Gasteiger charge is -2.31. The fourth-order valence-corrected chi connectivity index (χ4v) is 5.33. The molecule has 0 spiro atoms. The number of sulfonamides is 1. The molecule has 0 aliphatic carbocycles. The highest BCUT2D eigenvalue weighted by atomic mass is 32.2. The van der Waals surface area contributed by atoms with E-state index in [-0.39, 0.29) is 18.4 Å².